The number of benzene rings is 1. The minimum atomic E-state index is 0.493. The Hall–Kier alpha value is -0.960. The topological polar surface area (TPSA) is 24.4 Å². The Bertz CT molecular complexity index is 361. The van der Waals surface area contributed by atoms with Crippen LogP contribution in [0.3, 0.4) is 0 Å². The van der Waals surface area contributed by atoms with E-state index < -0.39 is 0 Å². The van der Waals surface area contributed by atoms with Crippen molar-refractivity contribution in [2.24, 2.45) is 4.99 Å². The van der Waals surface area contributed by atoms with Gasteiger partial charge in [-0.25, -0.2) is 0 Å². The third kappa shape index (κ3) is 2.79. The van der Waals surface area contributed by atoms with Crippen molar-refractivity contribution in [3.8, 4) is 0 Å². The highest BCUT2D eigenvalue weighted by atomic mass is 32.2. The summed E-state index contributed by atoms with van der Waals surface area (Å²) >= 11 is 1.85. The van der Waals surface area contributed by atoms with Gasteiger partial charge in [0.1, 0.15) is 0 Å². The molecule has 0 saturated heterocycles. The van der Waals surface area contributed by atoms with Crippen molar-refractivity contribution in [2.45, 2.75) is 31.6 Å². The molecule has 3 heteroatoms. The molecule has 0 spiro atoms. The molecule has 1 heterocycles. The second kappa shape index (κ2) is 5.39. The molecule has 2 nitrogen and oxygen atoms in total. The van der Waals surface area contributed by atoms with Crippen LogP contribution in [0.25, 0.3) is 0 Å². The van der Waals surface area contributed by atoms with Crippen LogP contribution in [0.5, 0.6) is 0 Å². The van der Waals surface area contributed by atoms with Gasteiger partial charge >= 0.3 is 0 Å². The van der Waals surface area contributed by atoms with Crippen molar-refractivity contribution in [3.05, 3.63) is 35.9 Å². The Morgan fingerprint density at radius 1 is 1.44 bits per heavy atom. The molecule has 0 aromatic heterocycles. The molecular weight excluding hydrogens is 216 g/mol. The largest absolute Gasteiger partial charge is 0.362 e. The highest BCUT2D eigenvalue weighted by Crippen LogP contribution is 2.34. The van der Waals surface area contributed by atoms with Crippen molar-refractivity contribution >= 4 is 16.9 Å². The molecule has 2 atom stereocenters. The molecule has 0 aliphatic carbocycles. The molecule has 1 aromatic rings. The van der Waals surface area contributed by atoms with Crippen LogP contribution in [0, 0.1) is 0 Å². The number of hydrogen-bond acceptors (Lipinski definition) is 3. The van der Waals surface area contributed by atoms with E-state index >= 15 is 0 Å². The van der Waals surface area contributed by atoms with E-state index in [1.807, 2.05) is 11.8 Å². The molecule has 2 rings (SSSR count). The fourth-order valence-electron chi connectivity index (χ4n) is 1.61. The Labute approximate surface area is 102 Å². The van der Waals surface area contributed by atoms with Crippen LogP contribution < -0.4 is 5.32 Å². The van der Waals surface area contributed by atoms with Crippen molar-refractivity contribution in [2.75, 3.05) is 6.54 Å². The third-order valence-corrected chi connectivity index (χ3v) is 3.98. The summed E-state index contributed by atoms with van der Waals surface area (Å²) in [7, 11) is 0. The predicted octanol–water partition coefficient (Wildman–Crippen LogP) is 3.22. The summed E-state index contributed by atoms with van der Waals surface area (Å²) in [6.45, 7) is 5.28. The first-order chi connectivity index (χ1) is 7.79. The minimum absolute atomic E-state index is 0.493. The van der Waals surface area contributed by atoms with Gasteiger partial charge in [0.15, 0.2) is 5.17 Å². The van der Waals surface area contributed by atoms with Crippen molar-refractivity contribution in [1.82, 2.24) is 5.32 Å². The molecule has 0 bridgehead atoms. The standard InChI is InChI=1S/C13H18N2S/c1-3-10(2)15-13-14-9-12(16-13)11-7-5-4-6-8-11/h4-8,10,12H,3,9H2,1-2H3,(H,14,15). The van der Waals surface area contributed by atoms with E-state index in [0.29, 0.717) is 11.3 Å². The zero-order valence-electron chi connectivity index (χ0n) is 9.81. The summed E-state index contributed by atoms with van der Waals surface area (Å²) in [4.78, 5) is 4.55. The van der Waals surface area contributed by atoms with Crippen molar-refractivity contribution in [3.63, 3.8) is 0 Å². The van der Waals surface area contributed by atoms with Gasteiger partial charge in [0.05, 0.1) is 11.8 Å². The highest BCUT2D eigenvalue weighted by Gasteiger charge is 2.21. The van der Waals surface area contributed by atoms with E-state index in [2.05, 4.69) is 54.5 Å². The number of nitrogens with one attached hydrogen (secondary N) is 1. The van der Waals surface area contributed by atoms with Crippen LogP contribution in [0.2, 0.25) is 0 Å². The molecule has 1 N–H and O–H groups in total. The van der Waals surface area contributed by atoms with Gasteiger partial charge in [0, 0.05) is 6.04 Å². The molecule has 0 saturated carbocycles. The summed E-state index contributed by atoms with van der Waals surface area (Å²) < 4.78 is 0. The normalized spacial score (nSPS) is 21.6. The second-order valence-corrected chi connectivity index (χ2v) is 5.31. The van der Waals surface area contributed by atoms with Crippen LogP contribution in [0.15, 0.2) is 35.3 Å². The number of rotatable bonds is 3. The molecule has 1 aliphatic heterocycles. The lowest BCUT2D eigenvalue weighted by Gasteiger charge is -2.13. The predicted molar refractivity (Wildman–Crippen MR) is 72.0 cm³/mol. The van der Waals surface area contributed by atoms with E-state index in [4.69, 9.17) is 0 Å². The van der Waals surface area contributed by atoms with E-state index in [0.717, 1.165) is 18.1 Å². The zero-order valence-corrected chi connectivity index (χ0v) is 10.6. The van der Waals surface area contributed by atoms with Gasteiger partial charge in [-0.1, -0.05) is 49.0 Å². The van der Waals surface area contributed by atoms with Gasteiger partial charge in [-0.3, -0.25) is 4.99 Å². The maximum atomic E-state index is 4.55. The average molecular weight is 234 g/mol. The summed E-state index contributed by atoms with van der Waals surface area (Å²) in [6.07, 6.45) is 1.13. The number of nitrogens with zero attached hydrogens (tertiary/aromatic N) is 1. The zero-order chi connectivity index (χ0) is 11.4. The fraction of sp³-hybridized carbons (Fsp3) is 0.462. The fourth-order valence-corrected chi connectivity index (χ4v) is 2.74. The first-order valence-electron chi connectivity index (χ1n) is 5.82. The molecular formula is C13H18N2S. The van der Waals surface area contributed by atoms with Crippen LogP contribution in [0.1, 0.15) is 31.1 Å². The van der Waals surface area contributed by atoms with E-state index in [-0.39, 0.29) is 0 Å². The van der Waals surface area contributed by atoms with E-state index in [1.54, 1.807) is 0 Å². The Balaban J connectivity index is 1.92. The van der Waals surface area contributed by atoms with Crippen molar-refractivity contribution < 1.29 is 0 Å². The molecule has 0 radical (unpaired) electrons. The van der Waals surface area contributed by atoms with Gasteiger partial charge in [-0.15, -0.1) is 0 Å². The summed E-state index contributed by atoms with van der Waals surface area (Å²) in [6, 6.07) is 11.1. The van der Waals surface area contributed by atoms with Gasteiger partial charge in [-0.05, 0) is 18.9 Å². The van der Waals surface area contributed by atoms with Crippen molar-refractivity contribution in [1.29, 1.82) is 0 Å². The number of hydrogen-bond donors (Lipinski definition) is 1. The monoisotopic (exact) mass is 234 g/mol. The van der Waals surface area contributed by atoms with Crippen LogP contribution >= 0.6 is 11.8 Å². The Morgan fingerprint density at radius 2 is 2.19 bits per heavy atom. The SMILES string of the molecule is CCC(C)NC1=NCC(c2ccccc2)S1. The van der Waals surface area contributed by atoms with Crippen LogP contribution in [0.4, 0.5) is 0 Å². The number of aliphatic imine (C=N–C) groups is 1. The second-order valence-electron chi connectivity index (χ2n) is 4.12. The first-order valence-corrected chi connectivity index (χ1v) is 6.70. The van der Waals surface area contributed by atoms with Gasteiger partial charge in [0.25, 0.3) is 0 Å². The van der Waals surface area contributed by atoms with Gasteiger partial charge in [-0.2, -0.15) is 0 Å². The summed E-state index contributed by atoms with van der Waals surface area (Å²) in [5.41, 5.74) is 1.37. The number of thioether (sulfide) groups is 1. The highest BCUT2D eigenvalue weighted by molar-refractivity contribution is 8.14. The molecule has 1 aliphatic rings. The van der Waals surface area contributed by atoms with Gasteiger partial charge in [0.2, 0.25) is 0 Å². The molecule has 86 valence electrons. The van der Waals surface area contributed by atoms with E-state index in [9.17, 15) is 0 Å². The molecule has 1 aromatic carbocycles. The Morgan fingerprint density at radius 3 is 2.88 bits per heavy atom. The lowest BCUT2D eigenvalue weighted by molar-refractivity contribution is 0.646. The smallest absolute Gasteiger partial charge is 0.157 e. The molecule has 0 amide bonds. The van der Waals surface area contributed by atoms with Gasteiger partial charge < -0.3 is 5.32 Å². The Kier molecular flexibility index (Phi) is 3.88. The lowest BCUT2D eigenvalue weighted by Crippen LogP contribution is -2.28. The average Bonchev–Trinajstić information content (AvgIpc) is 2.78. The molecule has 0 fully saturated rings. The molecule has 2 unspecified atom stereocenters. The number of amidine groups is 1. The maximum Gasteiger partial charge on any atom is 0.157 e. The first kappa shape index (κ1) is 11.5. The van der Waals surface area contributed by atoms with Crippen LogP contribution in [-0.2, 0) is 0 Å². The molecule has 16 heavy (non-hydrogen) atoms. The lowest BCUT2D eigenvalue weighted by atomic mass is 10.1. The van der Waals surface area contributed by atoms with Crippen LogP contribution in [-0.4, -0.2) is 17.8 Å². The maximum absolute atomic E-state index is 4.55. The third-order valence-electron chi connectivity index (χ3n) is 2.81. The van der Waals surface area contributed by atoms with E-state index in [1.165, 1.54) is 5.56 Å². The summed E-state index contributed by atoms with van der Waals surface area (Å²) in [5, 5.41) is 5.03. The quantitative estimate of drug-likeness (QED) is 0.868. The minimum Gasteiger partial charge on any atom is -0.362 e. The summed E-state index contributed by atoms with van der Waals surface area (Å²) in [5.74, 6) is 0.